The van der Waals surface area contributed by atoms with Crippen LogP contribution in [0.2, 0.25) is 0 Å². The molecule has 3 aromatic carbocycles. The molecule has 2 fully saturated rings. The Morgan fingerprint density at radius 3 is 2.29 bits per heavy atom. The molecule has 1 N–H and O–H groups in total. The maximum Gasteiger partial charge on any atom is 0.295 e. The van der Waals surface area contributed by atoms with E-state index in [0.29, 0.717) is 42.4 Å². The van der Waals surface area contributed by atoms with E-state index in [-0.39, 0.29) is 24.0 Å². The van der Waals surface area contributed by atoms with Gasteiger partial charge in [-0.15, -0.1) is 0 Å². The maximum atomic E-state index is 13.3. The lowest BCUT2D eigenvalue weighted by molar-refractivity contribution is -0.140. The van der Waals surface area contributed by atoms with Crippen molar-refractivity contribution in [2.45, 2.75) is 38.5 Å². The van der Waals surface area contributed by atoms with Gasteiger partial charge in [0.2, 0.25) is 0 Å². The van der Waals surface area contributed by atoms with Crippen LogP contribution in [-0.2, 0) is 20.9 Å². The molecule has 3 aromatic rings. The van der Waals surface area contributed by atoms with E-state index in [9.17, 15) is 14.7 Å². The molecule has 2 saturated heterocycles. The quantitative estimate of drug-likeness (QED) is 0.239. The fraction of sp³-hybridized carbons (Fsp3) is 0.290. The summed E-state index contributed by atoms with van der Waals surface area (Å²) < 4.78 is 17.2. The fourth-order valence-electron chi connectivity index (χ4n) is 4.94. The van der Waals surface area contributed by atoms with Crippen molar-refractivity contribution >= 4 is 17.4 Å². The molecule has 7 heteroatoms. The number of hydrogen-bond donors (Lipinski definition) is 1. The highest BCUT2D eigenvalue weighted by Crippen LogP contribution is 2.40. The van der Waals surface area contributed by atoms with Gasteiger partial charge in [-0.25, -0.2) is 0 Å². The lowest BCUT2D eigenvalue weighted by Gasteiger charge is -2.27. The number of carbonyl (C=O) groups is 2. The Bertz CT molecular complexity index is 1290. The van der Waals surface area contributed by atoms with E-state index in [2.05, 4.69) is 0 Å². The van der Waals surface area contributed by atoms with Crippen molar-refractivity contribution in [2.24, 2.45) is 0 Å². The van der Waals surface area contributed by atoms with Crippen molar-refractivity contribution in [1.29, 1.82) is 0 Å². The van der Waals surface area contributed by atoms with Crippen molar-refractivity contribution in [3.8, 4) is 11.5 Å². The van der Waals surface area contributed by atoms with E-state index in [0.717, 1.165) is 18.4 Å². The van der Waals surface area contributed by atoms with Gasteiger partial charge in [-0.3, -0.25) is 9.59 Å². The lowest BCUT2D eigenvalue weighted by atomic mass is 9.95. The smallest absolute Gasteiger partial charge is 0.295 e. The van der Waals surface area contributed by atoms with Crippen LogP contribution in [-0.4, -0.2) is 47.6 Å². The molecule has 0 spiro atoms. The minimum absolute atomic E-state index is 0.0649. The largest absolute Gasteiger partial charge is 0.507 e. The van der Waals surface area contributed by atoms with Gasteiger partial charge >= 0.3 is 0 Å². The average molecular weight is 514 g/mol. The Kier molecular flexibility index (Phi) is 7.75. The van der Waals surface area contributed by atoms with E-state index in [1.807, 2.05) is 61.5 Å². The van der Waals surface area contributed by atoms with Crippen molar-refractivity contribution in [3.05, 3.63) is 101 Å². The first-order chi connectivity index (χ1) is 18.5. The Labute approximate surface area is 222 Å². The van der Waals surface area contributed by atoms with E-state index in [1.165, 1.54) is 4.90 Å². The zero-order valence-electron chi connectivity index (χ0n) is 21.3. The topological polar surface area (TPSA) is 85.3 Å². The summed E-state index contributed by atoms with van der Waals surface area (Å²) in [6.45, 7) is 3.75. The van der Waals surface area contributed by atoms with E-state index < -0.39 is 17.7 Å². The third-order valence-corrected chi connectivity index (χ3v) is 6.85. The number of aliphatic hydroxyl groups is 1. The van der Waals surface area contributed by atoms with Gasteiger partial charge in [-0.2, -0.15) is 0 Å². The Balaban J connectivity index is 1.47. The van der Waals surface area contributed by atoms with Crippen molar-refractivity contribution in [1.82, 2.24) is 4.90 Å². The first-order valence-electron chi connectivity index (χ1n) is 12.9. The highest BCUT2D eigenvalue weighted by molar-refractivity contribution is 6.46. The van der Waals surface area contributed by atoms with Crippen LogP contribution in [0, 0.1) is 0 Å². The molecule has 0 saturated carbocycles. The molecule has 1 amide bonds. The minimum atomic E-state index is -0.742. The molecule has 38 heavy (non-hydrogen) atoms. The number of Topliss-reactive ketones (excluding diaryl/α,β-unsaturated/α-hetero) is 1. The summed E-state index contributed by atoms with van der Waals surface area (Å²) in [6, 6.07) is 23.3. The monoisotopic (exact) mass is 513 g/mol. The molecule has 2 aliphatic heterocycles. The summed E-state index contributed by atoms with van der Waals surface area (Å²) in [5.41, 5.74) is 2.27. The highest BCUT2D eigenvalue weighted by Gasteiger charge is 2.47. The second kappa shape index (κ2) is 11.5. The molecule has 7 nitrogen and oxygen atoms in total. The van der Waals surface area contributed by atoms with Gasteiger partial charge < -0.3 is 24.2 Å². The van der Waals surface area contributed by atoms with Crippen LogP contribution in [0.1, 0.15) is 42.5 Å². The van der Waals surface area contributed by atoms with Crippen molar-refractivity contribution in [2.75, 3.05) is 19.8 Å². The number of aliphatic hydroxyl groups excluding tert-OH is 1. The summed E-state index contributed by atoms with van der Waals surface area (Å²) >= 11 is 0. The van der Waals surface area contributed by atoms with Gasteiger partial charge in [0.1, 0.15) is 23.9 Å². The number of likely N-dealkylation sites (tertiary alicyclic amines) is 1. The van der Waals surface area contributed by atoms with Crippen LogP contribution in [0.15, 0.2) is 84.4 Å². The predicted molar refractivity (Wildman–Crippen MR) is 143 cm³/mol. The van der Waals surface area contributed by atoms with E-state index in [4.69, 9.17) is 14.2 Å². The van der Waals surface area contributed by atoms with Gasteiger partial charge in [0.05, 0.1) is 24.3 Å². The molecule has 5 rings (SSSR count). The maximum absolute atomic E-state index is 13.3. The van der Waals surface area contributed by atoms with Gasteiger partial charge in [0.15, 0.2) is 0 Å². The summed E-state index contributed by atoms with van der Waals surface area (Å²) in [7, 11) is 0. The zero-order chi connectivity index (χ0) is 26.5. The van der Waals surface area contributed by atoms with Crippen LogP contribution in [0.3, 0.4) is 0 Å². The minimum Gasteiger partial charge on any atom is -0.507 e. The summed E-state index contributed by atoms with van der Waals surface area (Å²) in [6.07, 6.45) is 1.59. The molecule has 2 heterocycles. The van der Waals surface area contributed by atoms with E-state index in [1.54, 1.807) is 24.3 Å². The second-order valence-electron chi connectivity index (χ2n) is 9.39. The van der Waals surface area contributed by atoms with Gasteiger partial charge in [0.25, 0.3) is 11.7 Å². The molecule has 0 aromatic heterocycles. The lowest BCUT2D eigenvalue weighted by Crippen LogP contribution is -2.36. The van der Waals surface area contributed by atoms with Crippen LogP contribution in [0.25, 0.3) is 5.76 Å². The standard InChI is InChI=1S/C31H31NO6/c1-2-36-24-16-12-23(13-17-24)29(33)27-28(32(31(35)30(27)34)19-26-9-6-18-37-26)22-10-14-25(15-11-22)38-20-21-7-4-3-5-8-21/h3-5,7-8,10-17,26,28,33H,2,6,9,18-20H2,1H3/b29-27+. The van der Waals surface area contributed by atoms with Gasteiger partial charge in [-0.05, 0) is 67.3 Å². The molecular weight excluding hydrogens is 482 g/mol. The molecule has 0 bridgehead atoms. The SMILES string of the molecule is CCOc1ccc(/C(O)=C2\C(=O)C(=O)N(CC3CCCO3)C2c2ccc(OCc3ccccc3)cc2)cc1. The number of nitrogens with zero attached hydrogens (tertiary/aromatic N) is 1. The summed E-state index contributed by atoms with van der Waals surface area (Å²) in [5, 5.41) is 11.3. The number of amides is 1. The number of benzene rings is 3. The molecule has 0 radical (unpaired) electrons. The third kappa shape index (κ3) is 5.43. The van der Waals surface area contributed by atoms with Gasteiger partial charge in [0, 0.05) is 18.7 Å². The number of rotatable bonds is 9. The first kappa shape index (κ1) is 25.5. The molecule has 2 unspecified atom stereocenters. The Hall–Kier alpha value is -4.10. The van der Waals surface area contributed by atoms with Crippen LogP contribution < -0.4 is 9.47 Å². The molecule has 0 aliphatic carbocycles. The van der Waals surface area contributed by atoms with Crippen LogP contribution in [0.4, 0.5) is 0 Å². The molecular formula is C31H31NO6. The van der Waals surface area contributed by atoms with Crippen molar-refractivity contribution in [3.63, 3.8) is 0 Å². The number of ether oxygens (including phenoxy) is 3. The fourth-order valence-corrected chi connectivity index (χ4v) is 4.94. The molecule has 2 atom stereocenters. The number of carbonyl (C=O) groups excluding carboxylic acids is 2. The normalized spacial score (nSPS) is 20.6. The highest BCUT2D eigenvalue weighted by atomic mass is 16.5. The third-order valence-electron chi connectivity index (χ3n) is 6.85. The first-order valence-corrected chi connectivity index (χ1v) is 12.9. The Morgan fingerprint density at radius 1 is 0.947 bits per heavy atom. The van der Waals surface area contributed by atoms with Gasteiger partial charge in [-0.1, -0.05) is 42.5 Å². The van der Waals surface area contributed by atoms with E-state index >= 15 is 0 Å². The molecule has 2 aliphatic rings. The average Bonchev–Trinajstić information content (AvgIpc) is 3.55. The Morgan fingerprint density at radius 2 is 1.63 bits per heavy atom. The number of hydrogen-bond acceptors (Lipinski definition) is 6. The molecule has 196 valence electrons. The number of ketones is 1. The summed E-state index contributed by atoms with van der Waals surface area (Å²) in [4.78, 5) is 28.0. The van der Waals surface area contributed by atoms with Crippen LogP contribution >= 0.6 is 0 Å². The van der Waals surface area contributed by atoms with Crippen molar-refractivity contribution < 1.29 is 28.9 Å². The summed E-state index contributed by atoms with van der Waals surface area (Å²) in [5.74, 6) is -0.229. The predicted octanol–water partition coefficient (Wildman–Crippen LogP) is 5.27. The van der Waals surface area contributed by atoms with Crippen LogP contribution in [0.5, 0.6) is 11.5 Å². The second-order valence-corrected chi connectivity index (χ2v) is 9.39. The zero-order valence-corrected chi connectivity index (χ0v) is 21.3.